The monoisotopic (exact) mass is 704 g/mol. The van der Waals surface area contributed by atoms with Gasteiger partial charge >= 0.3 is 12.2 Å². The number of aromatic nitrogens is 2. The maximum absolute atomic E-state index is 13.8. The number of morpholine rings is 1. The Morgan fingerprint density at radius 2 is 1.82 bits per heavy atom. The number of carbonyl (C=O) groups excluding carboxylic acids is 2. The van der Waals surface area contributed by atoms with Gasteiger partial charge in [-0.05, 0) is 61.0 Å². The molecule has 0 spiro atoms. The van der Waals surface area contributed by atoms with Crippen LogP contribution in [0, 0.1) is 6.92 Å². The first kappa shape index (κ1) is 35.4. The Morgan fingerprint density at radius 3 is 2.57 bits per heavy atom. The number of anilines is 6. The van der Waals surface area contributed by atoms with Crippen molar-refractivity contribution in [1.29, 1.82) is 0 Å². The molecule has 1 aromatic heterocycles. The van der Waals surface area contributed by atoms with E-state index in [0.29, 0.717) is 61.6 Å². The molecule has 0 saturated carbocycles. The van der Waals surface area contributed by atoms with Crippen LogP contribution in [0.5, 0.6) is 5.75 Å². The lowest BCUT2D eigenvalue weighted by molar-refractivity contribution is -0.137. The third kappa shape index (κ3) is 8.32. The lowest BCUT2D eigenvalue weighted by atomic mass is 10.1. The van der Waals surface area contributed by atoms with Gasteiger partial charge in [-0.3, -0.25) is 19.5 Å². The maximum Gasteiger partial charge on any atom is 0.416 e. The summed E-state index contributed by atoms with van der Waals surface area (Å²) in [5.74, 6) is -0.0342. The molecule has 0 radical (unpaired) electrons. The number of carbonyl (C=O) groups is 2. The summed E-state index contributed by atoms with van der Waals surface area (Å²) in [6.07, 6.45) is -3.03. The molecule has 0 aliphatic carbocycles. The van der Waals surface area contributed by atoms with Gasteiger partial charge in [0.2, 0.25) is 5.95 Å². The van der Waals surface area contributed by atoms with E-state index >= 15 is 0 Å². The Morgan fingerprint density at radius 1 is 1.04 bits per heavy atom. The lowest BCUT2D eigenvalue weighted by Crippen LogP contribution is -2.46. The Bertz CT molecular complexity index is 1920. The molecular weight excluding hydrogens is 665 g/mol. The van der Waals surface area contributed by atoms with Crippen molar-refractivity contribution >= 4 is 46.5 Å². The van der Waals surface area contributed by atoms with Crippen molar-refractivity contribution in [3.63, 3.8) is 0 Å². The first-order valence-electron chi connectivity index (χ1n) is 16.4. The fourth-order valence-corrected chi connectivity index (χ4v) is 5.82. The summed E-state index contributed by atoms with van der Waals surface area (Å²) in [6.45, 7) is 5.24. The molecule has 15 heteroatoms. The molecule has 51 heavy (non-hydrogen) atoms. The number of aryl methyl sites for hydroxylation is 1. The molecule has 2 aliphatic rings. The zero-order chi connectivity index (χ0) is 36.3. The molecule has 2 N–H and O–H groups in total. The van der Waals surface area contributed by atoms with E-state index in [4.69, 9.17) is 9.47 Å². The van der Waals surface area contributed by atoms with Crippen molar-refractivity contribution < 1.29 is 32.2 Å². The number of halogens is 3. The van der Waals surface area contributed by atoms with Gasteiger partial charge in [-0.1, -0.05) is 12.1 Å². The molecule has 6 rings (SSSR count). The molecule has 0 bridgehead atoms. The van der Waals surface area contributed by atoms with Gasteiger partial charge in [0.15, 0.2) is 0 Å². The number of ether oxygens (including phenoxy) is 2. The summed E-state index contributed by atoms with van der Waals surface area (Å²) < 4.78 is 52.5. The summed E-state index contributed by atoms with van der Waals surface area (Å²) >= 11 is 0. The van der Waals surface area contributed by atoms with Crippen molar-refractivity contribution in [1.82, 2.24) is 14.9 Å². The van der Waals surface area contributed by atoms with E-state index in [1.807, 2.05) is 50.2 Å². The average molecular weight is 705 g/mol. The van der Waals surface area contributed by atoms with Crippen LogP contribution in [0.4, 0.5) is 52.5 Å². The van der Waals surface area contributed by atoms with Crippen LogP contribution in [-0.2, 0) is 17.5 Å². The van der Waals surface area contributed by atoms with E-state index in [1.165, 1.54) is 15.9 Å². The van der Waals surface area contributed by atoms with E-state index in [-0.39, 0.29) is 30.5 Å². The summed E-state index contributed by atoms with van der Waals surface area (Å²) in [5, 5.41) is 5.89. The van der Waals surface area contributed by atoms with Gasteiger partial charge in [0.1, 0.15) is 18.2 Å². The Balaban J connectivity index is 1.18. The van der Waals surface area contributed by atoms with Crippen LogP contribution >= 0.6 is 0 Å². The standard InChI is InChI=1S/C36H39F3N8O4/c1-23-8-9-28(41-33(48)24-16-26(36(37,38)39)18-30(17-24)51-15-12-46-10-13-50-14-11-46)20-31(23)47-22-25-21-40-34(43-32(25)45(4)35(47)49)42-27-6-5-7-29(19-27)44(2)3/h5-9,16-21H,10-15,22H2,1-4H3,(H,41,48)(H,40,42,43). The zero-order valence-electron chi connectivity index (χ0n) is 28.8. The number of rotatable bonds is 10. The van der Waals surface area contributed by atoms with Crippen LogP contribution in [-0.4, -0.2) is 87.4 Å². The Hall–Kier alpha value is -5.41. The number of urea groups is 1. The van der Waals surface area contributed by atoms with Crippen molar-refractivity contribution in [3.8, 4) is 5.75 Å². The highest BCUT2D eigenvalue weighted by Crippen LogP contribution is 2.35. The quantitative estimate of drug-likeness (QED) is 0.201. The van der Waals surface area contributed by atoms with Gasteiger partial charge in [0, 0.05) is 75.2 Å². The number of amides is 3. The van der Waals surface area contributed by atoms with Crippen LogP contribution in [0.3, 0.4) is 0 Å². The average Bonchev–Trinajstić information content (AvgIpc) is 3.11. The normalized spacial score (nSPS) is 15.0. The predicted molar refractivity (Wildman–Crippen MR) is 189 cm³/mol. The highest BCUT2D eigenvalue weighted by atomic mass is 19.4. The molecule has 12 nitrogen and oxygen atoms in total. The molecule has 1 fully saturated rings. The molecule has 1 saturated heterocycles. The number of nitrogens with one attached hydrogen (secondary N) is 2. The van der Waals surface area contributed by atoms with Crippen LogP contribution < -0.4 is 30.1 Å². The summed E-state index contributed by atoms with van der Waals surface area (Å²) in [4.78, 5) is 43.2. The molecule has 268 valence electrons. The van der Waals surface area contributed by atoms with Crippen LogP contribution in [0.1, 0.15) is 27.0 Å². The van der Waals surface area contributed by atoms with Gasteiger partial charge < -0.3 is 25.0 Å². The number of benzene rings is 3. The number of hydrogen-bond acceptors (Lipinski definition) is 9. The van der Waals surface area contributed by atoms with E-state index in [2.05, 4.69) is 25.5 Å². The van der Waals surface area contributed by atoms with E-state index in [1.54, 1.807) is 31.4 Å². The summed E-state index contributed by atoms with van der Waals surface area (Å²) in [6, 6.07) is 15.3. The molecule has 3 heterocycles. The SMILES string of the molecule is Cc1ccc(NC(=O)c2cc(OCCN3CCOCC3)cc(C(F)(F)F)c2)cc1N1Cc2cnc(Nc3cccc(N(C)C)c3)nc2N(C)C1=O. The highest BCUT2D eigenvalue weighted by Gasteiger charge is 2.33. The molecule has 0 atom stereocenters. The third-order valence-electron chi connectivity index (χ3n) is 8.66. The Labute approximate surface area is 293 Å². The van der Waals surface area contributed by atoms with E-state index in [0.717, 1.165) is 29.1 Å². The molecular formula is C36H39F3N8O4. The minimum atomic E-state index is -4.69. The second-order valence-electron chi connectivity index (χ2n) is 12.5. The number of nitrogens with zero attached hydrogens (tertiary/aromatic N) is 6. The van der Waals surface area contributed by atoms with E-state index < -0.39 is 17.6 Å². The molecule has 0 unspecified atom stereocenters. The van der Waals surface area contributed by atoms with Crippen molar-refractivity contribution in [2.24, 2.45) is 0 Å². The van der Waals surface area contributed by atoms with Gasteiger partial charge in [0.05, 0.1) is 31.0 Å². The maximum atomic E-state index is 13.8. The number of hydrogen-bond donors (Lipinski definition) is 2. The van der Waals surface area contributed by atoms with Gasteiger partial charge in [-0.2, -0.15) is 18.2 Å². The van der Waals surface area contributed by atoms with Crippen LogP contribution in [0.25, 0.3) is 0 Å². The van der Waals surface area contributed by atoms with Gasteiger partial charge in [0.25, 0.3) is 5.91 Å². The summed E-state index contributed by atoms with van der Waals surface area (Å²) in [5.41, 5.74) is 2.82. The lowest BCUT2D eigenvalue weighted by Gasteiger charge is -2.35. The van der Waals surface area contributed by atoms with E-state index in [9.17, 15) is 22.8 Å². The van der Waals surface area contributed by atoms with Crippen molar-refractivity contribution in [2.75, 3.05) is 85.9 Å². The smallest absolute Gasteiger partial charge is 0.416 e. The van der Waals surface area contributed by atoms with Gasteiger partial charge in [-0.25, -0.2) is 9.78 Å². The second kappa shape index (κ2) is 14.8. The highest BCUT2D eigenvalue weighted by molar-refractivity contribution is 6.07. The second-order valence-corrected chi connectivity index (χ2v) is 12.5. The molecule has 3 aromatic carbocycles. The number of fused-ring (bicyclic) bond motifs is 1. The predicted octanol–water partition coefficient (Wildman–Crippen LogP) is 6.15. The fourth-order valence-electron chi connectivity index (χ4n) is 5.82. The van der Waals surface area contributed by atoms with Crippen molar-refractivity contribution in [2.45, 2.75) is 19.6 Å². The first-order chi connectivity index (χ1) is 24.4. The molecule has 4 aromatic rings. The minimum absolute atomic E-state index is 0.0592. The topological polar surface area (TPSA) is 115 Å². The third-order valence-corrected chi connectivity index (χ3v) is 8.66. The van der Waals surface area contributed by atoms with Gasteiger partial charge in [-0.15, -0.1) is 0 Å². The molecule has 3 amide bonds. The van der Waals surface area contributed by atoms with Crippen LogP contribution in [0.2, 0.25) is 0 Å². The number of alkyl halides is 3. The summed E-state index contributed by atoms with van der Waals surface area (Å²) in [7, 11) is 5.51. The fraction of sp³-hybridized carbons (Fsp3) is 0.333. The zero-order valence-corrected chi connectivity index (χ0v) is 28.8. The Kier molecular flexibility index (Phi) is 10.3. The first-order valence-corrected chi connectivity index (χ1v) is 16.4. The van der Waals surface area contributed by atoms with Crippen molar-refractivity contribution in [3.05, 3.63) is 89.1 Å². The largest absolute Gasteiger partial charge is 0.492 e. The molecule has 2 aliphatic heterocycles. The van der Waals surface area contributed by atoms with Crippen LogP contribution in [0.15, 0.2) is 66.9 Å². The minimum Gasteiger partial charge on any atom is -0.492 e.